The third-order valence-corrected chi connectivity index (χ3v) is 18.0. The Kier molecular flexibility index (Phi) is 43.8. The molecule has 18 unspecified atom stereocenters. The maximum atomic E-state index is 13.4. The zero-order chi connectivity index (χ0) is 66.1. The van der Waals surface area contributed by atoms with E-state index < -0.39 is 155 Å². The molecule has 0 aliphatic carbocycles. The van der Waals surface area contributed by atoms with Gasteiger partial charge >= 0.3 is 5.97 Å². The first kappa shape index (κ1) is 81.7. The number of aliphatic hydroxyl groups excluding tert-OH is 11. The molecule has 0 bridgehead atoms. The number of rotatable bonds is 53. The lowest BCUT2D eigenvalue weighted by atomic mass is 9.88. The van der Waals surface area contributed by atoms with E-state index in [1.54, 1.807) is 6.08 Å². The van der Waals surface area contributed by atoms with E-state index in [-0.39, 0.29) is 12.3 Å². The minimum atomic E-state index is -3.08. The molecule has 0 aromatic rings. The van der Waals surface area contributed by atoms with Gasteiger partial charge in [-0.1, -0.05) is 231 Å². The largest absolute Gasteiger partial charge is 0.477 e. The second-order valence-corrected chi connectivity index (χ2v) is 25.8. The van der Waals surface area contributed by atoms with Gasteiger partial charge in [0.25, 0.3) is 5.79 Å². The van der Waals surface area contributed by atoms with Gasteiger partial charge in [-0.2, -0.15) is 0 Å². The van der Waals surface area contributed by atoms with Gasteiger partial charge in [0, 0.05) is 19.8 Å². The number of nitrogens with one attached hydrogen (secondary N) is 2. The Morgan fingerprint density at radius 1 is 0.578 bits per heavy atom. The minimum Gasteiger partial charge on any atom is -0.477 e. The van der Waals surface area contributed by atoms with Crippen LogP contribution in [0.2, 0.25) is 0 Å². The zero-order valence-electron chi connectivity index (χ0n) is 55.0. The standard InChI is InChI=1S/C67H124N2O21/c1-4-6-8-10-12-14-16-18-20-21-22-23-24-25-26-27-28-30-32-34-36-38-40-49(74)48(69-54(77)41-39-37-35-33-31-29-19-17-15-13-11-9-7-5-2)46-85-64-59(81)58(80)61(53(45-72)87-64)88-65-60(82)63(57(79)52(44-71)86-65)90-67(66(83)84)42-50(75)55(68-47(3)73)62(89-67)56(78)51(76)43-70/h38,40,48-53,55-65,70-72,74-76,78-82H,4-37,39,41-46H2,1-3H3,(H,68,73)(H,69,77)(H,83,84)/b40-38+. The summed E-state index contributed by atoms with van der Waals surface area (Å²) in [6, 6.07) is -2.61. The normalized spacial score (nSPS) is 28.6. The Morgan fingerprint density at radius 2 is 1.03 bits per heavy atom. The summed E-state index contributed by atoms with van der Waals surface area (Å²) in [5, 5.41) is 136. The molecule has 3 rings (SSSR count). The highest BCUT2D eigenvalue weighted by Gasteiger charge is 2.60. The van der Waals surface area contributed by atoms with Crippen LogP contribution in [0.4, 0.5) is 0 Å². The van der Waals surface area contributed by atoms with Crippen molar-refractivity contribution in [2.75, 3.05) is 26.4 Å². The Hall–Kier alpha value is -2.53. The lowest BCUT2D eigenvalue weighted by Crippen LogP contribution is -2.70. The Balaban J connectivity index is 1.59. The lowest BCUT2D eigenvalue weighted by Gasteiger charge is -2.50. The molecule has 90 heavy (non-hydrogen) atoms. The maximum absolute atomic E-state index is 13.4. The van der Waals surface area contributed by atoms with Crippen LogP contribution in [-0.4, -0.2) is 215 Å². The summed E-state index contributed by atoms with van der Waals surface area (Å²) in [5.41, 5.74) is 0. The average molecular weight is 1290 g/mol. The van der Waals surface area contributed by atoms with E-state index in [9.17, 15) is 75.7 Å². The summed E-state index contributed by atoms with van der Waals surface area (Å²) in [7, 11) is 0. The first-order valence-corrected chi connectivity index (χ1v) is 35.1. The number of allylic oxidation sites excluding steroid dienone is 1. The van der Waals surface area contributed by atoms with E-state index >= 15 is 0 Å². The number of aliphatic carboxylic acids is 1. The Bertz CT molecular complexity index is 1870. The molecule has 3 aliphatic rings. The van der Waals surface area contributed by atoms with Crippen molar-refractivity contribution in [2.24, 2.45) is 0 Å². The molecule has 0 aromatic heterocycles. The first-order chi connectivity index (χ1) is 43.4. The van der Waals surface area contributed by atoms with Crippen LogP contribution >= 0.6 is 0 Å². The van der Waals surface area contributed by atoms with Gasteiger partial charge < -0.3 is 100 Å². The number of carboxylic acids is 1. The number of hydrogen-bond acceptors (Lipinski definition) is 20. The lowest BCUT2D eigenvalue weighted by molar-refractivity contribution is -0.386. The number of amides is 2. The molecule has 0 saturated carbocycles. The summed E-state index contributed by atoms with van der Waals surface area (Å²) in [4.78, 5) is 38.5. The van der Waals surface area contributed by atoms with E-state index in [4.69, 9.17) is 28.4 Å². The van der Waals surface area contributed by atoms with Gasteiger partial charge in [-0.05, 0) is 19.3 Å². The van der Waals surface area contributed by atoms with E-state index in [1.807, 2.05) is 6.08 Å². The van der Waals surface area contributed by atoms with E-state index in [2.05, 4.69) is 24.5 Å². The molecular weight excluding hydrogens is 1170 g/mol. The van der Waals surface area contributed by atoms with Crippen molar-refractivity contribution >= 4 is 17.8 Å². The maximum Gasteiger partial charge on any atom is 0.364 e. The molecular formula is C67H124N2O21. The molecule has 3 aliphatic heterocycles. The quantitative estimate of drug-likeness (QED) is 0.0235. The highest BCUT2D eigenvalue weighted by Crippen LogP contribution is 2.39. The van der Waals surface area contributed by atoms with E-state index in [1.165, 1.54) is 167 Å². The molecule has 23 nitrogen and oxygen atoms in total. The minimum absolute atomic E-state index is 0.204. The highest BCUT2D eigenvalue weighted by atomic mass is 16.8. The third kappa shape index (κ3) is 30.5. The predicted molar refractivity (Wildman–Crippen MR) is 338 cm³/mol. The second kappa shape index (κ2) is 48.2. The van der Waals surface area contributed by atoms with Crippen LogP contribution in [0.15, 0.2) is 12.2 Å². The Morgan fingerprint density at radius 3 is 1.48 bits per heavy atom. The molecule has 528 valence electrons. The number of carbonyl (C=O) groups excluding carboxylic acids is 2. The van der Waals surface area contributed by atoms with Crippen molar-refractivity contribution in [1.29, 1.82) is 0 Å². The monoisotopic (exact) mass is 1290 g/mol. The summed E-state index contributed by atoms with van der Waals surface area (Å²) >= 11 is 0. The van der Waals surface area contributed by atoms with Crippen LogP contribution in [0.25, 0.3) is 0 Å². The van der Waals surface area contributed by atoms with Crippen LogP contribution in [0.3, 0.4) is 0 Å². The van der Waals surface area contributed by atoms with Crippen LogP contribution in [0.5, 0.6) is 0 Å². The summed E-state index contributed by atoms with van der Waals surface area (Å²) in [5.74, 6) is -6.14. The van der Waals surface area contributed by atoms with Crippen LogP contribution in [0, 0.1) is 0 Å². The van der Waals surface area contributed by atoms with Crippen LogP contribution in [0.1, 0.15) is 258 Å². The van der Waals surface area contributed by atoms with Gasteiger partial charge in [-0.25, -0.2) is 4.79 Å². The van der Waals surface area contributed by atoms with Gasteiger partial charge in [0.1, 0.15) is 67.1 Å². The Labute approximate surface area is 537 Å². The van der Waals surface area contributed by atoms with Crippen LogP contribution < -0.4 is 10.6 Å². The van der Waals surface area contributed by atoms with Gasteiger partial charge in [-0.3, -0.25) is 9.59 Å². The van der Waals surface area contributed by atoms with Crippen LogP contribution in [-0.2, 0) is 42.8 Å². The van der Waals surface area contributed by atoms with Crippen molar-refractivity contribution in [2.45, 2.75) is 368 Å². The smallest absolute Gasteiger partial charge is 0.364 e. The molecule has 0 spiro atoms. The molecule has 2 amide bonds. The molecule has 3 saturated heterocycles. The fourth-order valence-corrected chi connectivity index (χ4v) is 12.4. The topological polar surface area (TPSA) is 373 Å². The SMILES string of the molecule is CCCCCCCCCCCCCCCCCCCCCC/C=C/C(O)C(COC1OC(CO)C(OC2OC(CO)C(O)C(OC3(C(=O)O)CC(O)C(NC(C)=O)C(C(O)C(O)CO)O3)C2O)C(O)C1O)NC(=O)CCCCCCCCCCCCCCCC. The predicted octanol–water partition coefficient (Wildman–Crippen LogP) is 6.29. The van der Waals surface area contributed by atoms with Gasteiger partial charge in [0.05, 0.1) is 50.7 Å². The molecule has 3 fully saturated rings. The molecule has 0 aromatic carbocycles. The highest BCUT2D eigenvalue weighted by molar-refractivity contribution is 5.77. The van der Waals surface area contributed by atoms with E-state index in [0.29, 0.717) is 12.8 Å². The number of carboxylic acid groups (broad SMARTS) is 1. The molecule has 23 heteroatoms. The molecule has 18 atom stereocenters. The number of carbonyl (C=O) groups is 3. The molecule has 0 radical (unpaired) electrons. The van der Waals surface area contributed by atoms with Gasteiger partial charge in [-0.15, -0.1) is 0 Å². The summed E-state index contributed by atoms with van der Waals surface area (Å²) in [6.07, 6.45) is 16.8. The number of hydrogen-bond donors (Lipinski definition) is 14. The number of aliphatic hydroxyl groups is 11. The molecule has 3 heterocycles. The first-order valence-electron chi connectivity index (χ1n) is 35.1. The average Bonchev–Trinajstić information content (AvgIpc) is 0.847. The third-order valence-electron chi connectivity index (χ3n) is 18.0. The van der Waals surface area contributed by atoms with Crippen molar-refractivity contribution in [3.05, 3.63) is 12.2 Å². The summed E-state index contributed by atoms with van der Waals surface area (Å²) < 4.78 is 34.8. The second-order valence-electron chi connectivity index (χ2n) is 25.8. The fraction of sp³-hybridized carbons (Fsp3) is 0.925. The zero-order valence-corrected chi connectivity index (χ0v) is 55.0. The van der Waals surface area contributed by atoms with Gasteiger partial charge in [0.15, 0.2) is 12.6 Å². The molecule has 14 N–H and O–H groups in total. The van der Waals surface area contributed by atoms with Crippen molar-refractivity contribution < 1.29 is 104 Å². The van der Waals surface area contributed by atoms with Crippen molar-refractivity contribution in [3.63, 3.8) is 0 Å². The van der Waals surface area contributed by atoms with Gasteiger partial charge in [0.2, 0.25) is 11.8 Å². The van der Waals surface area contributed by atoms with Crippen molar-refractivity contribution in [1.82, 2.24) is 10.6 Å². The fourth-order valence-electron chi connectivity index (χ4n) is 12.4. The number of ether oxygens (including phenoxy) is 6. The summed E-state index contributed by atoms with van der Waals surface area (Å²) in [6.45, 7) is 2.15. The van der Waals surface area contributed by atoms with Crippen molar-refractivity contribution in [3.8, 4) is 0 Å². The number of unbranched alkanes of at least 4 members (excludes halogenated alkanes) is 33. The van der Waals surface area contributed by atoms with E-state index in [0.717, 1.165) is 51.9 Å².